The maximum absolute atomic E-state index is 9.28. The van der Waals surface area contributed by atoms with E-state index in [1.165, 1.54) is 0 Å². The molecule has 2 aromatic carbocycles. The smallest absolute Gasteiger partial charge is 0.131 e. The van der Waals surface area contributed by atoms with Crippen molar-refractivity contribution in [3.63, 3.8) is 0 Å². The van der Waals surface area contributed by atoms with Gasteiger partial charge in [0.15, 0.2) is 0 Å². The normalized spacial score (nSPS) is 10.1. The van der Waals surface area contributed by atoms with E-state index in [-0.39, 0.29) is 5.75 Å². The lowest BCUT2D eigenvalue weighted by atomic mass is 10.2. The van der Waals surface area contributed by atoms with Crippen molar-refractivity contribution in [2.24, 2.45) is 5.73 Å². The first-order valence-electron chi connectivity index (χ1n) is 5.04. The van der Waals surface area contributed by atoms with Crippen LogP contribution in [0.3, 0.4) is 0 Å². The molecule has 0 aromatic heterocycles. The molecule has 0 aliphatic heterocycles. The highest BCUT2D eigenvalue weighted by Gasteiger charge is 1.98. The lowest BCUT2D eigenvalue weighted by Crippen LogP contribution is -1.95. The summed E-state index contributed by atoms with van der Waals surface area (Å²) in [6.07, 6.45) is 0. The molecule has 3 nitrogen and oxygen atoms in total. The molecule has 0 bridgehead atoms. The molecule has 82 valence electrons. The van der Waals surface area contributed by atoms with E-state index in [9.17, 15) is 5.11 Å². The summed E-state index contributed by atoms with van der Waals surface area (Å²) >= 11 is 0. The van der Waals surface area contributed by atoms with Gasteiger partial charge in [-0.05, 0) is 29.8 Å². The molecule has 0 saturated heterocycles. The fraction of sp³-hybridized carbons (Fsp3) is 0.0769. The minimum atomic E-state index is 0.191. The van der Waals surface area contributed by atoms with Crippen molar-refractivity contribution in [1.82, 2.24) is 0 Å². The molecule has 0 unspecified atom stereocenters. The van der Waals surface area contributed by atoms with Gasteiger partial charge in [-0.3, -0.25) is 0 Å². The van der Waals surface area contributed by atoms with Crippen molar-refractivity contribution in [2.45, 2.75) is 6.54 Å². The Hall–Kier alpha value is -2.00. The Balaban J connectivity index is 2.14. The number of phenolic OH excluding ortho intramolecular Hbond substituents is 1. The third kappa shape index (κ3) is 2.52. The van der Waals surface area contributed by atoms with Crippen molar-refractivity contribution in [3.05, 3.63) is 54.1 Å². The van der Waals surface area contributed by atoms with E-state index in [0.717, 1.165) is 11.3 Å². The number of nitrogens with two attached hydrogens (primary N) is 1. The van der Waals surface area contributed by atoms with Gasteiger partial charge in [0.1, 0.15) is 17.2 Å². The second-order valence-corrected chi connectivity index (χ2v) is 3.45. The highest BCUT2D eigenvalue weighted by molar-refractivity contribution is 5.36. The van der Waals surface area contributed by atoms with Crippen LogP contribution in [0.15, 0.2) is 48.5 Å². The molecule has 3 heteroatoms. The molecular formula is C13H13NO2. The van der Waals surface area contributed by atoms with E-state index in [1.807, 2.05) is 24.3 Å². The minimum absolute atomic E-state index is 0.191. The SMILES string of the molecule is NCc1ccc(Oc2cccc(O)c2)cc1. The molecular weight excluding hydrogens is 202 g/mol. The van der Waals surface area contributed by atoms with Crippen LogP contribution >= 0.6 is 0 Å². The minimum Gasteiger partial charge on any atom is -0.508 e. The average molecular weight is 215 g/mol. The van der Waals surface area contributed by atoms with E-state index < -0.39 is 0 Å². The second kappa shape index (κ2) is 4.68. The second-order valence-electron chi connectivity index (χ2n) is 3.45. The van der Waals surface area contributed by atoms with Gasteiger partial charge in [-0.2, -0.15) is 0 Å². The molecule has 0 saturated carbocycles. The summed E-state index contributed by atoms with van der Waals surface area (Å²) in [7, 11) is 0. The lowest BCUT2D eigenvalue weighted by molar-refractivity contribution is 0.455. The van der Waals surface area contributed by atoms with Crippen LogP contribution < -0.4 is 10.5 Å². The van der Waals surface area contributed by atoms with Gasteiger partial charge >= 0.3 is 0 Å². The lowest BCUT2D eigenvalue weighted by Gasteiger charge is -2.06. The molecule has 0 heterocycles. The van der Waals surface area contributed by atoms with Gasteiger partial charge in [0, 0.05) is 12.6 Å². The Morgan fingerprint density at radius 3 is 2.38 bits per heavy atom. The number of hydrogen-bond donors (Lipinski definition) is 2. The van der Waals surface area contributed by atoms with Crippen LogP contribution in [0, 0.1) is 0 Å². The Bertz CT molecular complexity index is 466. The van der Waals surface area contributed by atoms with E-state index in [1.54, 1.807) is 24.3 Å². The fourth-order valence-corrected chi connectivity index (χ4v) is 1.38. The van der Waals surface area contributed by atoms with Gasteiger partial charge in [-0.1, -0.05) is 18.2 Å². The van der Waals surface area contributed by atoms with E-state index in [0.29, 0.717) is 12.3 Å². The first-order valence-corrected chi connectivity index (χ1v) is 5.04. The largest absolute Gasteiger partial charge is 0.508 e. The number of ether oxygens (including phenoxy) is 1. The third-order valence-corrected chi connectivity index (χ3v) is 2.21. The van der Waals surface area contributed by atoms with Crippen molar-refractivity contribution in [1.29, 1.82) is 0 Å². The van der Waals surface area contributed by atoms with Gasteiger partial charge in [-0.25, -0.2) is 0 Å². The predicted octanol–water partition coefficient (Wildman–Crippen LogP) is 2.64. The average Bonchev–Trinajstić information content (AvgIpc) is 2.30. The molecule has 0 spiro atoms. The monoisotopic (exact) mass is 215 g/mol. The van der Waals surface area contributed by atoms with Gasteiger partial charge in [-0.15, -0.1) is 0 Å². The fourth-order valence-electron chi connectivity index (χ4n) is 1.38. The molecule has 0 fully saturated rings. The third-order valence-electron chi connectivity index (χ3n) is 2.21. The molecule has 16 heavy (non-hydrogen) atoms. The Morgan fingerprint density at radius 1 is 1.00 bits per heavy atom. The molecule has 2 aromatic rings. The number of aromatic hydroxyl groups is 1. The molecule has 0 amide bonds. The van der Waals surface area contributed by atoms with E-state index in [4.69, 9.17) is 10.5 Å². The summed E-state index contributed by atoms with van der Waals surface area (Å²) < 4.78 is 5.56. The van der Waals surface area contributed by atoms with Gasteiger partial charge in [0.25, 0.3) is 0 Å². The van der Waals surface area contributed by atoms with Crippen molar-refractivity contribution in [3.8, 4) is 17.2 Å². The van der Waals surface area contributed by atoms with Crippen LogP contribution in [0.1, 0.15) is 5.56 Å². The molecule has 0 atom stereocenters. The van der Waals surface area contributed by atoms with Crippen molar-refractivity contribution in [2.75, 3.05) is 0 Å². The zero-order valence-corrected chi connectivity index (χ0v) is 8.76. The standard InChI is InChI=1S/C13H13NO2/c14-9-10-4-6-12(7-5-10)16-13-3-1-2-11(15)8-13/h1-8,15H,9,14H2. The quantitative estimate of drug-likeness (QED) is 0.827. The summed E-state index contributed by atoms with van der Waals surface area (Å²) in [5, 5.41) is 9.28. The number of hydrogen-bond acceptors (Lipinski definition) is 3. The Labute approximate surface area is 94.1 Å². The number of phenols is 1. The Kier molecular flexibility index (Phi) is 3.08. The van der Waals surface area contributed by atoms with Gasteiger partial charge in [0.2, 0.25) is 0 Å². The summed E-state index contributed by atoms with van der Waals surface area (Å²) in [6.45, 7) is 0.520. The highest BCUT2D eigenvalue weighted by Crippen LogP contribution is 2.24. The maximum Gasteiger partial charge on any atom is 0.131 e. The topological polar surface area (TPSA) is 55.5 Å². The van der Waals surface area contributed by atoms with Crippen LogP contribution in [0.4, 0.5) is 0 Å². The molecule has 3 N–H and O–H groups in total. The molecule has 0 radical (unpaired) electrons. The van der Waals surface area contributed by atoms with Crippen LogP contribution in [-0.4, -0.2) is 5.11 Å². The maximum atomic E-state index is 9.28. The Morgan fingerprint density at radius 2 is 1.75 bits per heavy atom. The first-order chi connectivity index (χ1) is 7.78. The van der Waals surface area contributed by atoms with Crippen LogP contribution in [0.2, 0.25) is 0 Å². The van der Waals surface area contributed by atoms with E-state index >= 15 is 0 Å². The summed E-state index contributed by atoms with van der Waals surface area (Å²) in [5.41, 5.74) is 6.56. The summed E-state index contributed by atoms with van der Waals surface area (Å²) in [4.78, 5) is 0. The van der Waals surface area contributed by atoms with Crippen molar-refractivity contribution < 1.29 is 9.84 Å². The van der Waals surface area contributed by atoms with E-state index in [2.05, 4.69) is 0 Å². The summed E-state index contributed by atoms with van der Waals surface area (Å²) in [6, 6.07) is 14.2. The zero-order valence-electron chi connectivity index (χ0n) is 8.76. The van der Waals surface area contributed by atoms with Crippen molar-refractivity contribution >= 4 is 0 Å². The van der Waals surface area contributed by atoms with Crippen LogP contribution in [-0.2, 0) is 6.54 Å². The van der Waals surface area contributed by atoms with Gasteiger partial charge in [0.05, 0.1) is 0 Å². The highest BCUT2D eigenvalue weighted by atomic mass is 16.5. The summed E-state index contributed by atoms with van der Waals surface area (Å²) in [5.74, 6) is 1.53. The molecule has 0 aliphatic carbocycles. The number of benzene rings is 2. The molecule has 0 aliphatic rings. The van der Waals surface area contributed by atoms with Crippen LogP contribution in [0.5, 0.6) is 17.2 Å². The van der Waals surface area contributed by atoms with Crippen LogP contribution in [0.25, 0.3) is 0 Å². The zero-order chi connectivity index (χ0) is 11.4. The van der Waals surface area contributed by atoms with Gasteiger partial charge < -0.3 is 15.6 Å². The molecule has 2 rings (SSSR count). The predicted molar refractivity (Wildman–Crippen MR) is 62.5 cm³/mol. The first kappa shape index (κ1) is 10.5. The number of rotatable bonds is 3.